The lowest BCUT2D eigenvalue weighted by atomic mass is 10.0. The molecule has 50 heavy (non-hydrogen) atoms. The van der Waals surface area contributed by atoms with Gasteiger partial charge in [-0.05, 0) is 102 Å². The molecule has 0 radical (unpaired) electrons. The molecule has 3 aromatic rings. The molecule has 3 aromatic carbocycles. The fourth-order valence-electron chi connectivity index (χ4n) is 5.94. The van der Waals surface area contributed by atoms with Crippen LogP contribution >= 0.6 is 0 Å². The number of urea groups is 1. The lowest BCUT2D eigenvalue weighted by Crippen LogP contribution is -2.49. The third-order valence-electron chi connectivity index (χ3n) is 8.67. The molecule has 0 saturated heterocycles. The Kier molecular flexibility index (Phi) is 13.8. The molecule has 1 heterocycles. The highest BCUT2D eigenvalue weighted by Crippen LogP contribution is 2.29. The topological polar surface area (TPSA) is 121 Å². The van der Waals surface area contributed by atoms with Crippen LogP contribution in [0.1, 0.15) is 50.4 Å². The Hall–Kier alpha value is -4.04. The molecule has 0 aromatic heterocycles. The number of rotatable bonds is 9. The van der Waals surface area contributed by atoms with E-state index in [2.05, 4.69) is 10.6 Å². The summed E-state index contributed by atoms with van der Waals surface area (Å²) in [5.74, 6) is -0.686. The molecule has 272 valence electrons. The zero-order valence-corrected chi connectivity index (χ0v) is 30.6. The van der Waals surface area contributed by atoms with Gasteiger partial charge in [-0.25, -0.2) is 17.6 Å². The van der Waals surface area contributed by atoms with Gasteiger partial charge in [-0.2, -0.15) is 4.31 Å². The fourth-order valence-corrected chi connectivity index (χ4v) is 7.13. The maximum atomic E-state index is 14.6. The quantitative estimate of drug-likeness (QED) is 0.273. The Morgan fingerprint density at radius 3 is 2.34 bits per heavy atom. The first kappa shape index (κ1) is 38.8. The zero-order chi connectivity index (χ0) is 36.4. The first-order valence-corrected chi connectivity index (χ1v) is 18.4. The van der Waals surface area contributed by atoms with E-state index in [9.17, 15) is 22.4 Å². The molecule has 0 aliphatic carbocycles. The average molecular weight is 712 g/mol. The van der Waals surface area contributed by atoms with Crippen LogP contribution in [-0.2, 0) is 14.8 Å². The number of anilines is 2. The summed E-state index contributed by atoms with van der Waals surface area (Å²) in [4.78, 5) is 31.2. The minimum atomic E-state index is -3.93. The summed E-state index contributed by atoms with van der Waals surface area (Å²) in [6.45, 7) is 7.12. The third-order valence-corrected chi connectivity index (χ3v) is 10.5. The smallest absolute Gasteiger partial charge is 0.323 e. The molecule has 13 heteroatoms. The lowest BCUT2D eigenvalue weighted by Gasteiger charge is -2.37. The van der Waals surface area contributed by atoms with Crippen molar-refractivity contribution in [2.75, 3.05) is 58.0 Å². The van der Waals surface area contributed by atoms with Crippen LogP contribution in [0.4, 0.5) is 20.6 Å². The standard InChI is InChI=1S/C37H50FN5O6S/c1-26-23-43(27(2)24-41(4)5)36(44)33-22-31(40-37(45)39-30-13-8-7-9-14-30)17-20-34(33)49-28(3)12-10-11-21-48-35(26)25-42(6)50(46,47)32-18-15-29(38)16-19-32/h7-9,13-20,22,26-28,35H,10-12,21,23-25H2,1-6H3,(H2,39,40,45)/t26-,27+,28+,35+/m1/s1. The number of likely N-dealkylation sites (N-methyl/N-ethyl adjacent to an activating group) is 2. The highest BCUT2D eigenvalue weighted by atomic mass is 32.2. The number of benzene rings is 3. The van der Waals surface area contributed by atoms with Gasteiger partial charge in [-0.1, -0.05) is 25.1 Å². The monoisotopic (exact) mass is 711 g/mol. The van der Waals surface area contributed by atoms with Crippen molar-refractivity contribution in [3.63, 3.8) is 0 Å². The second kappa shape index (κ2) is 17.8. The summed E-state index contributed by atoms with van der Waals surface area (Å²) in [7, 11) is 1.41. The Morgan fingerprint density at radius 1 is 0.980 bits per heavy atom. The number of nitrogens with one attached hydrogen (secondary N) is 2. The maximum Gasteiger partial charge on any atom is 0.323 e. The largest absolute Gasteiger partial charge is 0.490 e. The number of hydrogen-bond donors (Lipinski definition) is 2. The van der Waals surface area contributed by atoms with Gasteiger partial charge in [0.15, 0.2) is 0 Å². The highest BCUT2D eigenvalue weighted by molar-refractivity contribution is 7.89. The van der Waals surface area contributed by atoms with E-state index < -0.39 is 28.0 Å². The summed E-state index contributed by atoms with van der Waals surface area (Å²) < 4.78 is 54.4. The van der Waals surface area contributed by atoms with Crippen molar-refractivity contribution in [1.29, 1.82) is 0 Å². The van der Waals surface area contributed by atoms with E-state index in [1.807, 2.05) is 58.0 Å². The van der Waals surface area contributed by atoms with Crippen molar-refractivity contribution in [3.8, 4) is 5.75 Å². The Balaban J connectivity index is 1.66. The lowest BCUT2D eigenvalue weighted by molar-refractivity contribution is -0.00686. The van der Waals surface area contributed by atoms with E-state index in [1.165, 1.54) is 23.5 Å². The highest BCUT2D eigenvalue weighted by Gasteiger charge is 2.33. The summed E-state index contributed by atoms with van der Waals surface area (Å²) in [5, 5.41) is 5.63. The number of amides is 3. The van der Waals surface area contributed by atoms with Crippen molar-refractivity contribution in [2.24, 2.45) is 5.92 Å². The maximum absolute atomic E-state index is 14.6. The molecule has 0 fully saturated rings. The van der Waals surface area contributed by atoms with Crippen LogP contribution < -0.4 is 15.4 Å². The van der Waals surface area contributed by atoms with Crippen molar-refractivity contribution >= 4 is 33.3 Å². The van der Waals surface area contributed by atoms with Crippen LogP contribution in [0.5, 0.6) is 5.75 Å². The normalized spacial score (nSPS) is 20.1. The van der Waals surface area contributed by atoms with Gasteiger partial charge in [0.05, 0.1) is 22.7 Å². The van der Waals surface area contributed by atoms with E-state index in [4.69, 9.17) is 9.47 Å². The van der Waals surface area contributed by atoms with E-state index in [0.717, 1.165) is 25.0 Å². The van der Waals surface area contributed by atoms with Crippen LogP contribution in [0.3, 0.4) is 0 Å². The molecular formula is C37H50FN5O6S. The van der Waals surface area contributed by atoms with Crippen LogP contribution in [-0.4, -0.2) is 100 Å². The number of carbonyl (C=O) groups is 2. The predicted molar refractivity (Wildman–Crippen MR) is 194 cm³/mol. The molecule has 0 saturated carbocycles. The minimum Gasteiger partial charge on any atom is -0.490 e. The van der Waals surface area contributed by atoms with Crippen molar-refractivity contribution in [1.82, 2.24) is 14.1 Å². The summed E-state index contributed by atoms with van der Waals surface area (Å²) in [5.41, 5.74) is 1.35. The van der Waals surface area contributed by atoms with Gasteiger partial charge >= 0.3 is 6.03 Å². The summed E-state index contributed by atoms with van der Waals surface area (Å²) >= 11 is 0. The average Bonchev–Trinajstić information content (AvgIpc) is 3.06. The molecule has 1 aliphatic rings. The van der Waals surface area contributed by atoms with Gasteiger partial charge in [-0.15, -0.1) is 0 Å². The Morgan fingerprint density at radius 2 is 1.66 bits per heavy atom. The second-order valence-corrected chi connectivity index (χ2v) is 15.3. The number of carbonyl (C=O) groups excluding carboxylic acids is 2. The zero-order valence-electron chi connectivity index (χ0n) is 29.8. The molecule has 11 nitrogen and oxygen atoms in total. The number of sulfonamides is 1. The summed E-state index contributed by atoms with van der Waals surface area (Å²) in [6, 6.07) is 18.1. The van der Waals surface area contributed by atoms with E-state index in [-0.39, 0.29) is 42.0 Å². The van der Waals surface area contributed by atoms with Gasteiger partial charge in [0.1, 0.15) is 11.6 Å². The first-order chi connectivity index (χ1) is 23.7. The van der Waals surface area contributed by atoms with Crippen molar-refractivity contribution in [2.45, 2.75) is 63.2 Å². The van der Waals surface area contributed by atoms with Gasteiger partial charge < -0.3 is 29.9 Å². The van der Waals surface area contributed by atoms with E-state index in [0.29, 0.717) is 42.3 Å². The number of ether oxygens (including phenoxy) is 2. The number of nitrogens with zero attached hydrogens (tertiary/aromatic N) is 3. The van der Waals surface area contributed by atoms with Crippen LogP contribution in [0, 0.1) is 11.7 Å². The SMILES string of the molecule is C[C@@H]1CN([C@@H](C)CN(C)C)C(=O)c2cc(NC(=O)Nc3ccccc3)ccc2O[C@@H](C)CCCCO[C@H]1CN(C)S(=O)(=O)c1ccc(F)cc1. The fraction of sp³-hybridized carbons (Fsp3) is 0.459. The molecule has 4 atom stereocenters. The predicted octanol–water partition coefficient (Wildman–Crippen LogP) is 6.16. The molecular weight excluding hydrogens is 662 g/mol. The van der Waals surface area contributed by atoms with Gasteiger partial charge in [0.2, 0.25) is 10.0 Å². The molecule has 0 unspecified atom stereocenters. The number of halogens is 1. The number of hydrogen-bond acceptors (Lipinski definition) is 7. The van der Waals surface area contributed by atoms with Crippen molar-refractivity contribution < 1.29 is 31.9 Å². The van der Waals surface area contributed by atoms with E-state index >= 15 is 0 Å². The minimum absolute atomic E-state index is 0.0150. The van der Waals surface area contributed by atoms with E-state index in [1.54, 1.807) is 35.2 Å². The second-order valence-electron chi connectivity index (χ2n) is 13.3. The molecule has 3 amide bonds. The summed E-state index contributed by atoms with van der Waals surface area (Å²) in [6.07, 6.45) is 1.47. The molecule has 2 N–H and O–H groups in total. The van der Waals surface area contributed by atoms with Gasteiger partial charge in [-0.3, -0.25) is 4.79 Å². The Labute approximate surface area is 295 Å². The van der Waals surface area contributed by atoms with Gasteiger partial charge in [0.25, 0.3) is 5.91 Å². The van der Waals surface area contributed by atoms with Gasteiger partial charge in [0, 0.05) is 56.6 Å². The molecule has 0 spiro atoms. The Bertz CT molecular complexity index is 1680. The molecule has 4 rings (SSSR count). The number of para-hydroxylation sites is 1. The van der Waals surface area contributed by atoms with Crippen LogP contribution in [0.25, 0.3) is 0 Å². The third kappa shape index (κ3) is 10.7. The van der Waals surface area contributed by atoms with Crippen LogP contribution in [0.2, 0.25) is 0 Å². The number of fused-ring (bicyclic) bond motifs is 1. The first-order valence-electron chi connectivity index (χ1n) is 17.0. The molecule has 1 aliphatic heterocycles. The molecule has 0 bridgehead atoms. The van der Waals surface area contributed by atoms with Crippen molar-refractivity contribution in [3.05, 3.63) is 84.2 Å². The van der Waals surface area contributed by atoms with Crippen LogP contribution in [0.15, 0.2) is 77.7 Å².